The molecule has 2 N–H and O–H groups in total. The van der Waals surface area contributed by atoms with Crippen LogP contribution in [0.1, 0.15) is 12.5 Å². The summed E-state index contributed by atoms with van der Waals surface area (Å²) in [7, 11) is 0. The lowest BCUT2D eigenvalue weighted by Crippen LogP contribution is -2.21. The van der Waals surface area contributed by atoms with Crippen LogP contribution >= 0.6 is 35.0 Å². The van der Waals surface area contributed by atoms with E-state index in [0.717, 1.165) is 16.3 Å². The number of anilines is 1. The Balaban J connectivity index is 1.44. The van der Waals surface area contributed by atoms with Crippen molar-refractivity contribution in [1.82, 2.24) is 0 Å². The molecule has 27 heavy (non-hydrogen) atoms. The standard InChI is InChI=1S/C19H18Cl2N2O3S/c1-11(24)22-13-2-4-15(5-3-13)26-9-14(25)10-27-19-7-12-6-16(20)17(21)8-18(12)23-19/h2-6,8,14,25H,7,9-10H2,1H3,(H,22,24)/t14-/m1/s1. The molecule has 0 unspecified atom stereocenters. The van der Waals surface area contributed by atoms with Crippen LogP contribution in [0.2, 0.25) is 10.0 Å². The van der Waals surface area contributed by atoms with E-state index in [1.165, 1.54) is 18.7 Å². The smallest absolute Gasteiger partial charge is 0.221 e. The van der Waals surface area contributed by atoms with E-state index in [1.807, 2.05) is 6.07 Å². The van der Waals surface area contributed by atoms with Gasteiger partial charge in [0.15, 0.2) is 0 Å². The summed E-state index contributed by atoms with van der Waals surface area (Å²) >= 11 is 13.5. The van der Waals surface area contributed by atoms with E-state index < -0.39 is 6.10 Å². The van der Waals surface area contributed by atoms with Crippen molar-refractivity contribution in [3.8, 4) is 5.75 Å². The maximum absolute atomic E-state index is 11.0. The number of benzene rings is 2. The van der Waals surface area contributed by atoms with Crippen molar-refractivity contribution in [2.24, 2.45) is 4.99 Å². The number of hydrogen-bond donors (Lipinski definition) is 2. The Hall–Kier alpha value is -1.73. The molecule has 3 rings (SSSR count). The Bertz CT molecular complexity index is 872. The summed E-state index contributed by atoms with van der Waals surface area (Å²) in [6.07, 6.45) is 0.0540. The average molecular weight is 425 g/mol. The van der Waals surface area contributed by atoms with Crippen molar-refractivity contribution >= 4 is 57.3 Å². The first-order valence-corrected chi connectivity index (χ1v) is 10.0. The van der Waals surface area contributed by atoms with Gasteiger partial charge in [-0.1, -0.05) is 23.2 Å². The zero-order valence-corrected chi connectivity index (χ0v) is 16.9. The predicted octanol–water partition coefficient (Wildman–Crippen LogP) is 4.71. The number of aliphatic imine (C=N–C) groups is 1. The summed E-state index contributed by atoms with van der Waals surface area (Å²) in [5.74, 6) is 0.971. The minimum absolute atomic E-state index is 0.127. The molecule has 0 fully saturated rings. The molecule has 142 valence electrons. The lowest BCUT2D eigenvalue weighted by atomic mass is 10.1. The van der Waals surface area contributed by atoms with Gasteiger partial charge in [-0.2, -0.15) is 0 Å². The molecule has 1 atom stereocenters. The van der Waals surface area contributed by atoms with E-state index in [9.17, 15) is 9.90 Å². The van der Waals surface area contributed by atoms with E-state index in [2.05, 4.69) is 10.3 Å². The number of hydrogen-bond acceptors (Lipinski definition) is 5. The number of thioether (sulfide) groups is 1. The number of carbonyl (C=O) groups is 1. The molecule has 0 bridgehead atoms. The molecule has 1 aliphatic heterocycles. The summed E-state index contributed by atoms with van der Waals surface area (Å²) < 4.78 is 5.59. The molecule has 2 aromatic carbocycles. The van der Waals surface area contributed by atoms with Gasteiger partial charge in [0.25, 0.3) is 0 Å². The second-order valence-corrected chi connectivity index (χ2v) is 7.97. The third-order valence-corrected chi connectivity index (χ3v) is 5.61. The Morgan fingerprint density at radius 1 is 1.30 bits per heavy atom. The highest BCUT2D eigenvalue weighted by molar-refractivity contribution is 8.14. The third-order valence-electron chi connectivity index (χ3n) is 3.77. The Morgan fingerprint density at radius 3 is 2.70 bits per heavy atom. The lowest BCUT2D eigenvalue weighted by Gasteiger charge is -2.12. The Kier molecular flexibility index (Phi) is 6.65. The maximum Gasteiger partial charge on any atom is 0.221 e. The van der Waals surface area contributed by atoms with Gasteiger partial charge in [-0.05, 0) is 42.0 Å². The van der Waals surface area contributed by atoms with Gasteiger partial charge >= 0.3 is 0 Å². The van der Waals surface area contributed by atoms with Crippen molar-refractivity contribution in [2.45, 2.75) is 19.4 Å². The Labute approximate surface area is 171 Å². The second-order valence-electron chi connectivity index (χ2n) is 6.06. The zero-order chi connectivity index (χ0) is 19.4. The quantitative estimate of drug-likeness (QED) is 0.703. The number of nitrogens with one attached hydrogen (secondary N) is 1. The number of aliphatic hydroxyl groups excluding tert-OH is 1. The first kappa shape index (κ1) is 20.0. The van der Waals surface area contributed by atoms with Gasteiger partial charge in [-0.15, -0.1) is 11.8 Å². The van der Waals surface area contributed by atoms with Crippen molar-refractivity contribution in [2.75, 3.05) is 17.7 Å². The molecule has 8 heteroatoms. The average Bonchev–Trinajstić information content (AvgIpc) is 3.01. The van der Waals surface area contributed by atoms with Crippen LogP contribution in [0.4, 0.5) is 11.4 Å². The third kappa shape index (κ3) is 5.62. The lowest BCUT2D eigenvalue weighted by molar-refractivity contribution is -0.114. The highest BCUT2D eigenvalue weighted by Gasteiger charge is 2.18. The van der Waals surface area contributed by atoms with Crippen molar-refractivity contribution in [1.29, 1.82) is 0 Å². The monoisotopic (exact) mass is 424 g/mol. The SMILES string of the molecule is CC(=O)Nc1ccc(OC[C@@H](O)CSC2=Nc3cc(Cl)c(Cl)cc3C2)cc1. The number of nitrogens with zero attached hydrogens (tertiary/aromatic N) is 1. The first-order chi connectivity index (χ1) is 12.9. The number of carbonyl (C=O) groups excluding carboxylic acids is 1. The number of aliphatic hydroxyl groups is 1. The number of fused-ring (bicyclic) bond motifs is 1. The van der Waals surface area contributed by atoms with Crippen molar-refractivity contribution in [3.05, 3.63) is 52.0 Å². The second kappa shape index (κ2) is 8.97. The molecule has 0 radical (unpaired) electrons. The summed E-state index contributed by atoms with van der Waals surface area (Å²) in [6, 6.07) is 10.6. The van der Waals surface area contributed by atoms with Gasteiger partial charge in [-0.25, -0.2) is 4.99 Å². The van der Waals surface area contributed by atoms with E-state index in [0.29, 0.717) is 33.7 Å². The molecular formula is C19H18Cl2N2O3S. The molecule has 1 aliphatic rings. The minimum Gasteiger partial charge on any atom is -0.491 e. The summed E-state index contributed by atoms with van der Waals surface area (Å²) in [6.45, 7) is 1.62. The van der Waals surface area contributed by atoms with E-state index in [1.54, 1.807) is 30.3 Å². The molecule has 1 heterocycles. The van der Waals surface area contributed by atoms with Gasteiger partial charge in [0.1, 0.15) is 12.4 Å². The molecule has 0 saturated carbocycles. The van der Waals surface area contributed by atoms with Crippen LogP contribution in [0.15, 0.2) is 41.4 Å². The van der Waals surface area contributed by atoms with Gasteiger partial charge in [0.2, 0.25) is 5.91 Å². The molecule has 0 aliphatic carbocycles. The topological polar surface area (TPSA) is 70.9 Å². The summed E-state index contributed by atoms with van der Waals surface area (Å²) in [4.78, 5) is 15.5. The number of halogens is 2. The highest BCUT2D eigenvalue weighted by atomic mass is 35.5. The van der Waals surface area contributed by atoms with Crippen LogP contribution in [0.5, 0.6) is 5.75 Å². The Morgan fingerprint density at radius 2 is 2.00 bits per heavy atom. The normalized spacial score (nSPS) is 13.7. The maximum atomic E-state index is 11.0. The van der Waals surface area contributed by atoms with Crippen LogP contribution in [-0.2, 0) is 11.2 Å². The van der Waals surface area contributed by atoms with E-state index in [-0.39, 0.29) is 12.5 Å². The van der Waals surface area contributed by atoms with Crippen molar-refractivity contribution in [3.63, 3.8) is 0 Å². The van der Waals surface area contributed by atoms with Crippen LogP contribution in [0.25, 0.3) is 0 Å². The molecular weight excluding hydrogens is 407 g/mol. The van der Waals surface area contributed by atoms with Crippen LogP contribution in [-0.4, -0.2) is 34.5 Å². The van der Waals surface area contributed by atoms with Crippen LogP contribution < -0.4 is 10.1 Å². The predicted molar refractivity (Wildman–Crippen MR) is 112 cm³/mol. The fraction of sp³-hybridized carbons (Fsp3) is 0.263. The molecule has 2 aromatic rings. The fourth-order valence-corrected chi connectivity index (χ4v) is 3.76. The molecule has 0 saturated heterocycles. The minimum atomic E-state index is -0.636. The fourth-order valence-electron chi connectivity index (χ4n) is 2.51. The molecule has 0 spiro atoms. The van der Waals surface area contributed by atoms with Crippen LogP contribution in [0.3, 0.4) is 0 Å². The highest BCUT2D eigenvalue weighted by Crippen LogP contribution is 2.36. The summed E-state index contributed by atoms with van der Waals surface area (Å²) in [5, 5.41) is 14.8. The van der Waals surface area contributed by atoms with Gasteiger partial charge < -0.3 is 15.2 Å². The van der Waals surface area contributed by atoms with E-state index >= 15 is 0 Å². The number of ether oxygens (including phenoxy) is 1. The zero-order valence-electron chi connectivity index (χ0n) is 14.5. The number of amides is 1. The first-order valence-electron chi connectivity index (χ1n) is 8.27. The molecule has 0 aromatic heterocycles. The summed E-state index contributed by atoms with van der Waals surface area (Å²) in [5.41, 5.74) is 2.57. The van der Waals surface area contributed by atoms with Gasteiger partial charge in [0, 0.05) is 24.8 Å². The van der Waals surface area contributed by atoms with Gasteiger partial charge in [0.05, 0.1) is 26.9 Å². The van der Waals surface area contributed by atoms with E-state index in [4.69, 9.17) is 27.9 Å². The largest absolute Gasteiger partial charge is 0.491 e. The van der Waals surface area contributed by atoms with Crippen LogP contribution in [0, 0.1) is 0 Å². The molecule has 5 nitrogen and oxygen atoms in total. The number of rotatable bonds is 6. The van der Waals surface area contributed by atoms with Gasteiger partial charge in [-0.3, -0.25) is 4.79 Å². The molecule has 1 amide bonds. The van der Waals surface area contributed by atoms with Crippen molar-refractivity contribution < 1.29 is 14.6 Å².